The van der Waals surface area contributed by atoms with Crippen molar-refractivity contribution in [3.8, 4) is 0 Å². The standard InChI is InChI=1S/C20H23N3O2S2/c1-12-7-6-8-17(9-12)18-11-26-15(4)19(14(3)22-18)27-16(5)23-20(25)21-10-13(2)24/h6-9,11,22,24H,2,4-5,10H2,1,3H3,(H2,21,23,25). The van der Waals surface area contributed by atoms with Crippen LogP contribution >= 0.6 is 23.5 Å². The highest BCUT2D eigenvalue weighted by atomic mass is 32.2. The Hall–Kier alpha value is -2.51. The minimum atomic E-state index is -0.459. The van der Waals surface area contributed by atoms with E-state index in [0.717, 1.165) is 26.8 Å². The van der Waals surface area contributed by atoms with E-state index in [1.54, 1.807) is 0 Å². The number of aliphatic hydroxyl groups excluding tert-OH is 1. The van der Waals surface area contributed by atoms with Crippen molar-refractivity contribution < 1.29 is 9.90 Å². The third-order valence-corrected chi connectivity index (χ3v) is 5.57. The van der Waals surface area contributed by atoms with Crippen LogP contribution in [-0.4, -0.2) is 17.7 Å². The van der Waals surface area contributed by atoms with Crippen LogP contribution in [0.4, 0.5) is 4.79 Å². The lowest BCUT2D eigenvalue weighted by Gasteiger charge is -2.15. The summed E-state index contributed by atoms with van der Waals surface area (Å²) < 4.78 is 0. The van der Waals surface area contributed by atoms with Gasteiger partial charge in [0.2, 0.25) is 0 Å². The second-order valence-electron chi connectivity index (χ2n) is 5.92. The topological polar surface area (TPSA) is 73.4 Å². The van der Waals surface area contributed by atoms with Gasteiger partial charge < -0.3 is 21.1 Å². The highest BCUT2D eigenvalue weighted by Crippen LogP contribution is 2.40. The molecule has 0 fully saturated rings. The van der Waals surface area contributed by atoms with Crippen LogP contribution in [0.25, 0.3) is 5.70 Å². The van der Waals surface area contributed by atoms with Crippen LogP contribution in [0.3, 0.4) is 0 Å². The lowest BCUT2D eigenvalue weighted by atomic mass is 10.1. The molecular weight excluding hydrogens is 378 g/mol. The average Bonchev–Trinajstić information content (AvgIpc) is 2.73. The molecule has 0 aliphatic carbocycles. The molecule has 4 N–H and O–H groups in total. The second-order valence-corrected chi connectivity index (χ2v) is 7.99. The van der Waals surface area contributed by atoms with Gasteiger partial charge in [0, 0.05) is 20.9 Å². The van der Waals surface area contributed by atoms with Gasteiger partial charge >= 0.3 is 6.03 Å². The van der Waals surface area contributed by atoms with Crippen LogP contribution < -0.4 is 16.0 Å². The van der Waals surface area contributed by atoms with Crippen molar-refractivity contribution in [2.75, 3.05) is 6.54 Å². The van der Waals surface area contributed by atoms with Crippen LogP contribution in [0.2, 0.25) is 0 Å². The predicted octanol–water partition coefficient (Wildman–Crippen LogP) is 4.95. The number of carbonyl (C=O) groups excluding carboxylic acids is 1. The fourth-order valence-corrected chi connectivity index (χ4v) is 3.96. The maximum Gasteiger partial charge on any atom is 0.320 e. The first-order chi connectivity index (χ1) is 12.8. The third-order valence-electron chi connectivity index (χ3n) is 3.50. The van der Waals surface area contributed by atoms with Gasteiger partial charge in [-0.15, -0.1) is 0 Å². The summed E-state index contributed by atoms with van der Waals surface area (Å²) in [4.78, 5) is 13.5. The first-order valence-electron chi connectivity index (χ1n) is 8.15. The molecule has 5 nitrogen and oxygen atoms in total. The van der Waals surface area contributed by atoms with Crippen LogP contribution in [0, 0.1) is 6.92 Å². The summed E-state index contributed by atoms with van der Waals surface area (Å²) in [5.41, 5.74) is 4.21. The zero-order valence-electron chi connectivity index (χ0n) is 15.4. The molecule has 27 heavy (non-hydrogen) atoms. The van der Waals surface area contributed by atoms with E-state index in [1.807, 2.05) is 18.4 Å². The molecule has 0 saturated heterocycles. The van der Waals surface area contributed by atoms with E-state index in [1.165, 1.54) is 29.1 Å². The quantitative estimate of drug-likeness (QED) is 0.508. The van der Waals surface area contributed by atoms with Gasteiger partial charge in [-0.1, -0.05) is 67.0 Å². The van der Waals surface area contributed by atoms with E-state index in [4.69, 9.17) is 5.11 Å². The van der Waals surface area contributed by atoms with Crippen molar-refractivity contribution in [2.24, 2.45) is 0 Å². The molecular formula is C20H23N3O2S2. The number of thioether (sulfide) groups is 2. The molecule has 1 aromatic carbocycles. The minimum absolute atomic E-state index is 0.0145. The largest absolute Gasteiger partial charge is 0.511 e. The number of hydrogen-bond acceptors (Lipinski definition) is 5. The normalized spacial score (nSPS) is 14.0. The van der Waals surface area contributed by atoms with Crippen molar-refractivity contribution in [1.82, 2.24) is 16.0 Å². The Morgan fingerprint density at radius 2 is 2.07 bits per heavy atom. The third kappa shape index (κ3) is 6.30. The first-order valence-corrected chi connectivity index (χ1v) is 9.85. The van der Waals surface area contributed by atoms with E-state index in [0.29, 0.717) is 5.03 Å². The van der Waals surface area contributed by atoms with Crippen molar-refractivity contribution >= 4 is 35.3 Å². The molecule has 0 saturated carbocycles. The number of urea groups is 1. The van der Waals surface area contributed by atoms with E-state index < -0.39 is 6.03 Å². The van der Waals surface area contributed by atoms with Gasteiger partial charge in [0.05, 0.1) is 17.3 Å². The molecule has 1 aliphatic rings. The van der Waals surface area contributed by atoms with Gasteiger partial charge in [-0.25, -0.2) is 4.79 Å². The number of benzene rings is 1. The second kappa shape index (κ2) is 9.43. The van der Waals surface area contributed by atoms with Crippen LogP contribution in [0.15, 0.2) is 75.7 Å². The summed E-state index contributed by atoms with van der Waals surface area (Å²) in [5, 5.41) is 20.0. The van der Waals surface area contributed by atoms with Gasteiger partial charge in [-0.2, -0.15) is 0 Å². The first kappa shape index (κ1) is 20.8. The zero-order chi connectivity index (χ0) is 20.0. The number of hydrogen-bond donors (Lipinski definition) is 4. The SMILES string of the molecule is C=C(O)CNC(=O)NC(=C)SC1=C(C)NC(c2cccc(C)c2)=CSC1=C. The van der Waals surface area contributed by atoms with Gasteiger partial charge in [-0.3, -0.25) is 0 Å². The Kier molecular flexibility index (Phi) is 7.27. The van der Waals surface area contributed by atoms with E-state index in [2.05, 4.69) is 60.8 Å². The van der Waals surface area contributed by atoms with E-state index >= 15 is 0 Å². The molecule has 0 unspecified atom stereocenters. The molecule has 0 bridgehead atoms. The number of aliphatic hydroxyl groups is 1. The fourth-order valence-electron chi connectivity index (χ4n) is 2.27. The number of rotatable bonds is 6. The smallest absolute Gasteiger partial charge is 0.320 e. The van der Waals surface area contributed by atoms with Gasteiger partial charge in [0.25, 0.3) is 0 Å². The summed E-state index contributed by atoms with van der Waals surface area (Å²) in [5.74, 6) is -0.116. The number of nitrogens with one attached hydrogen (secondary N) is 3. The van der Waals surface area contributed by atoms with Gasteiger partial charge in [0.15, 0.2) is 0 Å². The molecule has 0 spiro atoms. The van der Waals surface area contributed by atoms with Gasteiger partial charge in [0.1, 0.15) is 5.76 Å². The van der Waals surface area contributed by atoms with Crippen LogP contribution in [0.1, 0.15) is 18.1 Å². The van der Waals surface area contributed by atoms with Crippen molar-refractivity contribution in [2.45, 2.75) is 13.8 Å². The summed E-state index contributed by atoms with van der Waals surface area (Å²) in [6.45, 7) is 15.3. The molecule has 0 aromatic heterocycles. The molecule has 142 valence electrons. The van der Waals surface area contributed by atoms with Crippen LogP contribution in [0.5, 0.6) is 0 Å². The molecule has 1 aromatic rings. The predicted molar refractivity (Wildman–Crippen MR) is 117 cm³/mol. The molecule has 0 radical (unpaired) electrons. The van der Waals surface area contributed by atoms with Crippen molar-refractivity contribution in [3.63, 3.8) is 0 Å². The molecule has 0 atom stereocenters. The van der Waals surface area contributed by atoms with Crippen molar-refractivity contribution in [3.05, 3.63) is 86.8 Å². The molecule has 1 aliphatic heterocycles. The summed E-state index contributed by atoms with van der Waals surface area (Å²) >= 11 is 2.85. The summed E-state index contributed by atoms with van der Waals surface area (Å²) in [7, 11) is 0. The number of allylic oxidation sites excluding steroid dienone is 1. The Bertz CT molecular complexity index is 857. The van der Waals surface area contributed by atoms with E-state index in [-0.39, 0.29) is 12.3 Å². The number of carbonyl (C=O) groups is 1. The number of amides is 2. The maximum absolute atomic E-state index is 11.8. The van der Waals surface area contributed by atoms with Crippen molar-refractivity contribution in [1.29, 1.82) is 0 Å². The molecule has 7 heteroatoms. The number of aryl methyl sites for hydroxylation is 1. The lowest BCUT2D eigenvalue weighted by Crippen LogP contribution is -2.35. The fraction of sp³-hybridized carbons (Fsp3) is 0.150. The maximum atomic E-state index is 11.8. The minimum Gasteiger partial charge on any atom is -0.511 e. The Balaban J connectivity index is 2.07. The highest BCUT2D eigenvalue weighted by molar-refractivity contribution is 8.11. The van der Waals surface area contributed by atoms with Crippen LogP contribution in [-0.2, 0) is 0 Å². The molecule has 2 rings (SSSR count). The Morgan fingerprint density at radius 3 is 2.74 bits per heavy atom. The average molecular weight is 402 g/mol. The van der Waals surface area contributed by atoms with Gasteiger partial charge in [-0.05, 0) is 25.5 Å². The summed E-state index contributed by atoms with van der Waals surface area (Å²) in [6, 6.07) is 7.80. The molecule has 1 heterocycles. The Labute approximate surface area is 168 Å². The van der Waals surface area contributed by atoms with E-state index in [9.17, 15) is 4.79 Å². The summed E-state index contributed by atoms with van der Waals surface area (Å²) in [6.07, 6.45) is 0. The lowest BCUT2D eigenvalue weighted by molar-refractivity contribution is 0.243. The molecule has 2 amide bonds. The monoisotopic (exact) mass is 401 g/mol. The highest BCUT2D eigenvalue weighted by Gasteiger charge is 2.17. The Morgan fingerprint density at radius 1 is 1.33 bits per heavy atom. The zero-order valence-corrected chi connectivity index (χ0v) is 17.0.